The van der Waals surface area contributed by atoms with Crippen molar-refractivity contribution in [1.29, 1.82) is 0 Å². The number of H-pyrrole nitrogens is 1. The fraction of sp³-hybridized carbons (Fsp3) is 0.211. The van der Waals surface area contributed by atoms with Gasteiger partial charge in [0.25, 0.3) is 5.56 Å². The Bertz CT molecular complexity index is 938. The van der Waals surface area contributed by atoms with Crippen molar-refractivity contribution in [3.8, 4) is 11.4 Å². The zero-order chi connectivity index (χ0) is 17.2. The molecule has 0 atom stereocenters. The number of fused-ring (bicyclic) bond motifs is 1. The van der Waals surface area contributed by atoms with Crippen molar-refractivity contribution >= 4 is 11.6 Å². The monoisotopic (exact) mass is 352 g/mol. The van der Waals surface area contributed by atoms with Crippen molar-refractivity contribution in [2.45, 2.75) is 19.5 Å². The van der Waals surface area contributed by atoms with E-state index in [1.165, 1.54) is 0 Å². The van der Waals surface area contributed by atoms with Gasteiger partial charge in [-0.15, -0.1) is 0 Å². The van der Waals surface area contributed by atoms with E-state index in [2.05, 4.69) is 14.9 Å². The van der Waals surface area contributed by atoms with Crippen LogP contribution >= 0.6 is 11.6 Å². The standard InChI is InChI=1S/C19H17ClN4O/c20-14-6-4-13(5-7-14)18-22-17-12-24(10-8-16(17)19(25)23-18)11-15-3-1-2-9-21-15/h1-7,9H,8,10-12H2,(H,22,23,25). The predicted octanol–water partition coefficient (Wildman–Crippen LogP) is 3.04. The van der Waals surface area contributed by atoms with Gasteiger partial charge in [0.15, 0.2) is 0 Å². The molecule has 0 amide bonds. The number of benzene rings is 1. The molecule has 0 bridgehead atoms. The summed E-state index contributed by atoms with van der Waals surface area (Å²) in [6.45, 7) is 2.23. The first-order valence-electron chi connectivity index (χ1n) is 8.19. The Morgan fingerprint density at radius 1 is 1.16 bits per heavy atom. The van der Waals surface area contributed by atoms with Crippen molar-refractivity contribution < 1.29 is 0 Å². The molecule has 25 heavy (non-hydrogen) atoms. The van der Waals surface area contributed by atoms with E-state index in [9.17, 15) is 4.79 Å². The SMILES string of the molecule is O=c1[nH]c(-c2ccc(Cl)cc2)nc2c1CCN(Cc1ccccn1)C2. The minimum atomic E-state index is -0.0487. The molecule has 126 valence electrons. The maximum Gasteiger partial charge on any atom is 0.254 e. The summed E-state index contributed by atoms with van der Waals surface area (Å²) in [6.07, 6.45) is 2.50. The van der Waals surface area contributed by atoms with E-state index in [4.69, 9.17) is 16.6 Å². The van der Waals surface area contributed by atoms with Crippen LogP contribution in [0.2, 0.25) is 5.02 Å². The normalized spacial score (nSPS) is 14.3. The summed E-state index contributed by atoms with van der Waals surface area (Å²) in [5.41, 5.74) is 3.46. The Kier molecular flexibility index (Phi) is 4.34. The molecule has 3 aromatic rings. The average molecular weight is 353 g/mol. The molecule has 5 nitrogen and oxygen atoms in total. The van der Waals surface area contributed by atoms with Crippen LogP contribution in [0.25, 0.3) is 11.4 Å². The molecule has 0 unspecified atom stereocenters. The Morgan fingerprint density at radius 3 is 2.76 bits per heavy atom. The number of hydrogen-bond donors (Lipinski definition) is 1. The van der Waals surface area contributed by atoms with E-state index in [0.29, 0.717) is 23.8 Å². The maximum absolute atomic E-state index is 12.4. The molecule has 0 fully saturated rings. The van der Waals surface area contributed by atoms with Crippen molar-refractivity contribution in [2.75, 3.05) is 6.54 Å². The third-order valence-electron chi connectivity index (χ3n) is 4.38. The first-order chi connectivity index (χ1) is 12.2. The highest BCUT2D eigenvalue weighted by molar-refractivity contribution is 6.30. The molecule has 6 heteroatoms. The summed E-state index contributed by atoms with van der Waals surface area (Å²) in [7, 11) is 0. The fourth-order valence-corrected chi connectivity index (χ4v) is 3.22. The van der Waals surface area contributed by atoms with E-state index in [1.807, 2.05) is 30.3 Å². The lowest BCUT2D eigenvalue weighted by atomic mass is 10.1. The number of halogens is 1. The van der Waals surface area contributed by atoms with Crippen LogP contribution in [-0.4, -0.2) is 26.4 Å². The molecular weight excluding hydrogens is 336 g/mol. The van der Waals surface area contributed by atoms with Crippen LogP contribution in [0.3, 0.4) is 0 Å². The maximum atomic E-state index is 12.4. The van der Waals surface area contributed by atoms with E-state index in [0.717, 1.165) is 35.6 Å². The quantitative estimate of drug-likeness (QED) is 0.787. The number of aromatic amines is 1. The largest absolute Gasteiger partial charge is 0.306 e. The highest BCUT2D eigenvalue weighted by atomic mass is 35.5. The van der Waals surface area contributed by atoms with E-state index < -0.39 is 0 Å². The van der Waals surface area contributed by atoms with Crippen LogP contribution in [0.15, 0.2) is 53.5 Å². The minimum Gasteiger partial charge on any atom is -0.306 e. The van der Waals surface area contributed by atoms with Gasteiger partial charge in [-0.3, -0.25) is 14.7 Å². The first-order valence-corrected chi connectivity index (χ1v) is 8.57. The first kappa shape index (κ1) is 16.0. The fourth-order valence-electron chi connectivity index (χ4n) is 3.09. The molecule has 0 saturated carbocycles. The van der Waals surface area contributed by atoms with E-state index in [1.54, 1.807) is 18.3 Å². The molecule has 3 heterocycles. The molecule has 0 saturated heterocycles. The van der Waals surface area contributed by atoms with Crippen LogP contribution in [0.1, 0.15) is 17.0 Å². The van der Waals surface area contributed by atoms with Gasteiger partial charge in [-0.05, 0) is 42.8 Å². The third kappa shape index (κ3) is 3.48. The molecule has 0 radical (unpaired) electrons. The van der Waals surface area contributed by atoms with E-state index in [-0.39, 0.29) is 5.56 Å². The van der Waals surface area contributed by atoms with Gasteiger partial charge in [-0.1, -0.05) is 17.7 Å². The number of rotatable bonds is 3. The second-order valence-corrected chi connectivity index (χ2v) is 6.56. The topological polar surface area (TPSA) is 61.9 Å². The van der Waals surface area contributed by atoms with Crippen molar-refractivity contribution in [3.63, 3.8) is 0 Å². The lowest BCUT2D eigenvalue weighted by molar-refractivity contribution is 0.238. The summed E-state index contributed by atoms with van der Waals surface area (Å²) in [5, 5.41) is 0.658. The Labute approximate surface area is 150 Å². The highest BCUT2D eigenvalue weighted by Gasteiger charge is 2.21. The number of nitrogens with one attached hydrogen (secondary N) is 1. The van der Waals surface area contributed by atoms with Gasteiger partial charge in [0.1, 0.15) is 5.82 Å². The van der Waals surface area contributed by atoms with Crippen LogP contribution in [0, 0.1) is 0 Å². The van der Waals surface area contributed by atoms with E-state index >= 15 is 0 Å². The predicted molar refractivity (Wildman–Crippen MR) is 97.4 cm³/mol. The van der Waals surface area contributed by atoms with Gasteiger partial charge < -0.3 is 4.98 Å². The van der Waals surface area contributed by atoms with Gasteiger partial charge in [0.2, 0.25) is 0 Å². The molecule has 0 spiro atoms. The lowest BCUT2D eigenvalue weighted by Gasteiger charge is -2.27. The molecule has 2 aromatic heterocycles. The molecule has 1 N–H and O–H groups in total. The number of pyridine rings is 1. The number of nitrogens with zero attached hydrogens (tertiary/aromatic N) is 3. The highest BCUT2D eigenvalue weighted by Crippen LogP contribution is 2.21. The zero-order valence-electron chi connectivity index (χ0n) is 13.6. The van der Waals surface area contributed by atoms with Gasteiger partial charge in [0, 0.05) is 42.0 Å². The molecule has 0 aliphatic carbocycles. The summed E-state index contributed by atoms with van der Waals surface area (Å²) in [6, 6.07) is 13.2. The van der Waals surface area contributed by atoms with Crippen molar-refractivity contribution in [3.05, 3.63) is 81.0 Å². The Hall–Kier alpha value is -2.50. The van der Waals surface area contributed by atoms with Crippen LogP contribution in [0.5, 0.6) is 0 Å². The smallest absolute Gasteiger partial charge is 0.254 e. The minimum absolute atomic E-state index is 0.0487. The summed E-state index contributed by atoms with van der Waals surface area (Å²) in [4.78, 5) is 26.7. The lowest BCUT2D eigenvalue weighted by Crippen LogP contribution is -2.35. The van der Waals surface area contributed by atoms with Crippen LogP contribution in [-0.2, 0) is 19.5 Å². The van der Waals surface area contributed by atoms with Crippen molar-refractivity contribution in [1.82, 2.24) is 19.9 Å². The van der Waals surface area contributed by atoms with Gasteiger partial charge in [-0.25, -0.2) is 4.98 Å². The zero-order valence-corrected chi connectivity index (χ0v) is 14.3. The Balaban J connectivity index is 1.62. The summed E-state index contributed by atoms with van der Waals surface area (Å²) < 4.78 is 0. The van der Waals surface area contributed by atoms with Gasteiger partial charge in [-0.2, -0.15) is 0 Å². The third-order valence-corrected chi connectivity index (χ3v) is 4.63. The Morgan fingerprint density at radius 2 is 2.00 bits per heavy atom. The van der Waals surface area contributed by atoms with Gasteiger partial charge >= 0.3 is 0 Å². The molecular formula is C19H17ClN4O. The molecule has 1 aromatic carbocycles. The number of aromatic nitrogens is 3. The number of hydrogen-bond acceptors (Lipinski definition) is 4. The second-order valence-electron chi connectivity index (χ2n) is 6.13. The molecule has 1 aliphatic heterocycles. The van der Waals surface area contributed by atoms with Crippen LogP contribution in [0.4, 0.5) is 0 Å². The molecule has 4 rings (SSSR count). The summed E-state index contributed by atoms with van der Waals surface area (Å²) in [5.74, 6) is 0.583. The van der Waals surface area contributed by atoms with Gasteiger partial charge in [0.05, 0.1) is 11.4 Å². The average Bonchev–Trinajstić information content (AvgIpc) is 2.63. The molecule has 1 aliphatic rings. The van der Waals surface area contributed by atoms with Crippen molar-refractivity contribution in [2.24, 2.45) is 0 Å². The second kappa shape index (κ2) is 6.78. The summed E-state index contributed by atoms with van der Waals surface area (Å²) >= 11 is 5.94. The van der Waals surface area contributed by atoms with Crippen LogP contribution < -0.4 is 5.56 Å².